The largest absolute Gasteiger partial charge is 0.495 e. The van der Waals surface area contributed by atoms with Crippen LogP contribution in [0.3, 0.4) is 0 Å². The van der Waals surface area contributed by atoms with Gasteiger partial charge in [0.05, 0.1) is 24.4 Å². The number of carbonyl (C=O) groups is 2. The van der Waals surface area contributed by atoms with E-state index in [0.717, 1.165) is 5.56 Å². The number of hydrogen-bond donors (Lipinski definition) is 2. The number of anilines is 2. The molecule has 0 heterocycles. The first kappa shape index (κ1) is 26.3. The first-order valence-corrected chi connectivity index (χ1v) is 11.6. The molecule has 2 N–H and O–H groups in total. The Morgan fingerprint density at radius 2 is 1.75 bits per heavy atom. The van der Waals surface area contributed by atoms with Gasteiger partial charge >= 0.3 is 0 Å². The summed E-state index contributed by atoms with van der Waals surface area (Å²) in [6.07, 6.45) is 1.44. The Morgan fingerprint density at radius 1 is 1.00 bits per heavy atom. The summed E-state index contributed by atoms with van der Waals surface area (Å²) in [5.74, 6) is 0.216. The van der Waals surface area contributed by atoms with Gasteiger partial charge in [0.1, 0.15) is 17.4 Å². The molecule has 0 aliphatic rings. The van der Waals surface area contributed by atoms with Crippen LogP contribution in [0.1, 0.15) is 11.1 Å². The Kier molecular flexibility index (Phi) is 9.08. The molecule has 0 aliphatic heterocycles. The molecule has 0 fully saturated rings. The van der Waals surface area contributed by atoms with Gasteiger partial charge in [-0.25, -0.2) is 0 Å². The molecule has 0 radical (unpaired) electrons. The highest BCUT2D eigenvalue weighted by atomic mass is 79.9. The highest BCUT2D eigenvalue weighted by Crippen LogP contribution is 2.37. The van der Waals surface area contributed by atoms with E-state index in [1.165, 1.54) is 20.3 Å². The van der Waals surface area contributed by atoms with Crippen molar-refractivity contribution in [2.75, 3.05) is 31.5 Å². The molecule has 0 aliphatic carbocycles. The van der Waals surface area contributed by atoms with Crippen molar-refractivity contribution in [2.24, 2.45) is 0 Å². The van der Waals surface area contributed by atoms with Crippen molar-refractivity contribution in [1.29, 1.82) is 5.26 Å². The first-order valence-electron chi connectivity index (χ1n) is 10.8. The van der Waals surface area contributed by atoms with E-state index < -0.39 is 11.8 Å². The minimum Gasteiger partial charge on any atom is -0.495 e. The number of nitriles is 1. The van der Waals surface area contributed by atoms with Crippen LogP contribution in [0.25, 0.3) is 6.08 Å². The topological polar surface area (TPSA) is 110 Å². The molecule has 0 bridgehead atoms. The monoisotopic (exact) mass is 549 g/mol. The van der Waals surface area contributed by atoms with Crippen LogP contribution in [0.4, 0.5) is 11.4 Å². The predicted molar refractivity (Wildman–Crippen MR) is 141 cm³/mol. The Bertz CT molecular complexity index is 1350. The Labute approximate surface area is 217 Å². The number of methoxy groups -OCH3 is 2. The second-order valence-electron chi connectivity index (χ2n) is 7.56. The van der Waals surface area contributed by atoms with Gasteiger partial charge in [-0.1, -0.05) is 24.3 Å². The first-order chi connectivity index (χ1) is 17.3. The maximum atomic E-state index is 12.6. The van der Waals surface area contributed by atoms with Crippen molar-refractivity contribution in [1.82, 2.24) is 0 Å². The van der Waals surface area contributed by atoms with Crippen LogP contribution in [0.5, 0.6) is 17.2 Å². The molecule has 0 saturated heterocycles. The third-order valence-electron chi connectivity index (χ3n) is 4.93. The average Bonchev–Trinajstić information content (AvgIpc) is 2.86. The third kappa shape index (κ3) is 6.87. The van der Waals surface area contributed by atoms with E-state index in [0.29, 0.717) is 38.7 Å². The van der Waals surface area contributed by atoms with Gasteiger partial charge in [0, 0.05) is 5.69 Å². The lowest BCUT2D eigenvalue weighted by Gasteiger charge is -2.14. The van der Waals surface area contributed by atoms with E-state index >= 15 is 0 Å². The molecule has 0 unspecified atom stereocenters. The zero-order valence-electron chi connectivity index (χ0n) is 19.9. The fourth-order valence-corrected chi connectivity index (χ4v) is 3.85. The molecule has 2 amide bonds. The zero-order valence-corrected chi connectivity index (χ0v) is 21.5. The molecule has 3 rings (SSSR count). The maximum absolute atomic E-state index is 12.6. The summed E-state index contributed by atoms with van der Waals surface area (Å²) in [4.78, 5) is 25.0. The Balaban J connectivity index is 1.74. The molecular weight excluding hydrogens is 526 g/mol. The fourth-order valence-electron chi connectivity index (χ4n) is 3.27. The quantitative estimate of drug-likeness (QED) is 0.275. The third-order valence-corrected chi connectivity index (χ3v) is 5.52. The lowest BCUT2D eigenvalue weighted by atomic mass is 10.1. The van der Waals surface area contributed by atoms with Crippen molar-refractivity contribution >= 4 is 45.2 Å². The van der Waals surface area contributed by atoms with Crippen molar-refractivity contribution in [2.45, 2.75) is 6.92 Å². The van der Waals surface area contributed by atoms with Crippen LogP contribution in [0.15, 0.2) is 70.7 Å². The number of nitrogens with one attached hydrogen (secondary N) is 2. The zero-order chi connectivity index (χ0) is 26.1. The van der Waals surface area contributed by atoms with Crippen LogP contribution in [-0.4, -0.2) is 32.6 Å². The second kappa shape index (κ2) is 12.4. The lowest BCUT2D eigenvalue weighted by Crippen LogP contribution is -2.20. The number of benzene rings is 3. The van der Waals surface area contributed by atoms with Gasteiger partial charge in [-0.2, -0.15) is 5.26 Å². The molecule has 8 nitrogen and oxygen atoms in total. The van der Waals surface area contributed by atoms with Gasteiger partial charge < -0.3 is 24.8 Å². The van der Waals surface area contributed by atoms with Crippen LogP contribution < -0.4 is 24.8 Å². The Morgan fingerprint density at radius 3 is 2.44 bits per heavy atom. The van der Waals surface area contributed by atoms with E-state index in [1.54, 1.807) is 42.5 Å². The van der Waals surface area contributed by atoms with Crippen molar-refractivity contribution in [3.05, 3.63) is 81.8 Å². The van der Waals surface area contributed by atoms with E-state index in [4.69, 9.17) is 14.2 Å². The van der Waals surface area contributed by atoms with Gasteiger partial charge in [-0.15, -0.1) is 0 Å². The number of amides is 2. The average molecular weight is 550 g/mol. The van der Waals surface area contributed by atoms with Crippen LogP contribution >= 0.6 is 15.9 Å². The smallest absolute Gasteiger partial charge is 0.266 e. The minimum atomic E-state index is -0.536. The summed E-state index contributed by atoms with van der Waals surface area (Å²) in [5.41, 5.74) is 2.54. The number of halogens is 1. The van der Waals surface area contributed by atoms with Crippen molar-refractivity contribution < 1.29 is 23.8 Å². The molecule has 9 heteroatoms. The molecule has 0 aromatic heterocycles. The maximum Gasteiger partial charge on any atom is 0.266 e. The molecule has 0 saturated carbocycles. The summed E-state index contributed by atoms with van der Waals surface area (Å²) in [6, 6.07) is 19.5. The number of para-hydroxylation sites is 2. The number of nitrogens with zero attached hydrogens (tertiary/aromatic N) is 1. The summed E-state index contributed by atoms with van der Waals surface area (Å²) in [7, 11) is 2.97. The van der Waals surface area contributed by atoms with Gasteiger partial charge in [-0.3, -0.25) is 9.59 Å². The lowest BCUT2D eigenvalue weighted by molar-refractivity contribution is -0.118. The predicted octanol–water partition coefficient (Wildman–Crippen LogP) is 5.34. The number of aryl methyl sites for hydroxylation is 1. The van der Waals surface area contributed by atoms with E-state index in [9.17, 15) is 14.9 Å². The van der Waals surface area contributed by atoms with Crippen LogP contribution in [0.2, 0.25) is 0 Å². The standard InChI is InChI=1S/C27H24BrN3O5/c1-17-7-6-8-20(11-17)30-27(33)19(15-29)12-18-13-21(28)26(24(14-18)35-3)36-16-25(32)31-22-9-4-5-10-23(22)34-2/h4-14H,16H2,1-3H3,(H,30,33)(H,31,32)/b19-12+. The molecule has 0 atom stereocenters. The van der Waals surface area contributed by atoms with E-state index in [2.05, 4.69) is 26.6 Å². The van der Waals surface area contributed by atoms with Crippen molar-refractivity contribution in [3.8, 4) is 23.3 Å². The molecule has 3 aromatic carbocycles. The fraction of sp³-hybridized carbons (Fsp3) is 0.148. The van der Waals surface area contributed by atoms with Crippen molar-refractivity contribution in [3.63, 3.8) is 0 Å². The summed E-state index contributed by atoms with van der Waals surface area (Å²) in [5, 5.41) is 15.0. The summed E-state index contributed by atoms with van der Waals surface area (Å²) < 4.78 is 16.8. The molecule has 3 aromatic rings. The number of rotatable bonds is 9. The number of carbonyl (C=O) groups excluding carboxylic acids is 2. The van der Waals surface area contributed by atoms with Gasteiger partial charge in [0.2, 0.25) is 0 Å². The normalized spacial score (nSPS) is 10.7. The molecule has 0 spiro atoms. The SMILES string of the molecule is COc1ccccc1NC(=O)COc1c(Br)cc(/C=C(\C#N)C(=O)Nc2cccc(C)c2)cc1OC. The number of ether oxygens (including phenoxy) is 3. The van der Waals surface area contributed by atoms with E-state index in [-0.39, 0.29) is 12.2 Å². The van der Waals surface area contributed by atoms with E-state index in [1.807, 2.05) is 31.2 Å². The van der Waals surface area contributed by atoms with Gasteiger partial charge in [0.15, 0.2) is 18.1 Å². The summed E-state index contributed by atoms with van der Waals surface area (Å²) in [6.45, 7) is 1.62. The molecular formula is C27H24BrN3O5. The van der Waals surface area contributed by atoms with Gasteiger partial charge in [-0.05, 0) is 76.5 Å². The molecule has 184 valence electrons. The van der Waals surface area contributed by atoms with Gasteiger partial charge in [0.25, 0.3) is 11.8 Å². The Hall–Kier alpha value is -4.29. The van der Waals surface area contributed by atoms with Crippen LogP contribution in [-0.2, 0) is 9.59 Å². The van der Waals surface area contributed by atoms with Crippen LogP contribution in [0, 0.1) is 18.3 Å². The second-order valence-corrected chi connectivity index (χ2v) is 8.42. The molecule has 36 heavy (non-hydrogen) atoms. The summed E-state index contributed by atoms with van der Waals surface area (Å²) >= 11 is 3.42. The number of hydrogen-bond acceptors (Lipinski definition) is 6. The minimum absolute atomic E-state index is 0.0877. The highest BCUT2D eigenvalue weighted by molar-refractivity contribution is 9.10. The highest BCUT2D eigenvalue weighted by Gasteiger charge is 2.16.